The van der Waals surface area contributed by atoms with E-state index in [9.17, 15) is 43.9 Å². The fraction of sp³-hybridized carbons (Fsp3) is 0.750. The van der Waals surface area contributed by atoms with Gasteiger partial charge in [-0.15, -0.1) is 0 Å². The van der Waals surface area contributed by atoms with Gasteiger partial charge < -0.3 is 0 Å². The first kappa shape index (κ1) is 17.0. The van der Waals surface area contributed by atoms with Gasteiger partial charge in [0.15, 0.2) is 5.83 Å². The van der Waals surface area contributed by atoms with Crippen molar-refractivity contribution in [2.75, 3.05) is 0 Å². The number of hydrogen-bond acceptors (Lipinski definition) is 0. The molecule has 0 heterocycles. The van der Waals surface area contributed by atoms with Gasteiger partial charge in [0.05, 0.1) is 0 Å². The van der Waals surface area contributed by atoms with Crippen molar-refractivity contribution >= 4 is 0 Å². The van der Waals surface area contributed by atoms with E-state index in [4.69, 9.17) is 0 Å². The Hall–Kier alpha value is -0.960. The second-order valence-electron chi connectivity index (χ2n) is 3.82. The predicted octanol–water partition coefficient (Wildman–Crippen LogP) is 4.92. The maximum Gasteiger partial charge on any atom is 0.460 e. The van der Waals surface area contributed by atoms with E-state index >= 15 is 0 Å². The average Bonchev–Trinajstić information content (AvgIpc) is 2.11. The first-order valence-corrected chi connectivity index (χ1v) is 4.14. The molecule has 10 heteroatoms. The van der Waals surface area contributed by atoms with Crippen molar-refractivity contribution < 1.29 is 43.9 Å². The third-order valence-electron chi connectivity index (χ3n) is 2.08. The maximum absolute atomic E-state index is 12.9. The van der Waals surface area contributed by atoms with Crippen molar-refractivity contribution in [2.45, 2.75) is 32.1 Å². The smallest absolute Gasteiger partial charge is 0.208 e. The van der Waals surface area contributed by atoms with Crippen molar-refractivity contribution in [3.8, 4) is 0 Å². The number of halogens is 10. The third kappa shape index (κ3) is 2.72. The van der Waals surface area contributed by atoms with Crippen LogP contribution in [0, 0.1) is 5.41 Å². The van der Waals surface area contributed by atoms with Crippen molar-refractivity contribution in [1.82, 2.24) is 0 Å². The van der Waals surface area contributed by atoms with Gasteiger partial charge in [0.1, 0.15) is 5.41 Å². The largest absolute Gasteiger partial charge is 0.460 e. The third-order valence-corrected chi connectivity index (χ3v) is 2.08. The molecular weight excluding hydrogens is 286 g/mol. The highest BCUT2D eigenvalue weighted by atomic mass is 19.4. The molecule has 0 atom stereocenters. The summed E-state index contributed by atoms with van der Waals surface area (Å²) < 4.78 is 122. The van der Waals surface area contributed by atoms with E-state index in [0.29, 0.717) is 0 Å². The van der Waals surface area contributed by atoms with Gasteiger partial charge in [0, 0.05) is 0 Å². The van der Waals surface area contributed by atoms with Crippen LogP contribution in [0.1, 0.15) is 13.8 Å². The van der Waals surface area contributed by atoms with Crippen LogP contribution < -0.4 is 0 Å². The minimum atomic E-state index is -6.53. The summed E-state index contributed by atoms with van der Waals surface area (Å²) in [6.45, 7) is -0.122. The molecule has 0 bridgehead atoms. The molecule has 0 N–H and O–H groups in total. The van der Waals surface area contributed by atoms with E-state index in [1.807, 2.05) is 0 Å². The molecule has 0 unspecified atom stereocenters. The topological polar surface area (TPSA) is 0 Å². The summed E-state index contributed by atoms with van der Waals surface area (Å²) in [6, 6.07) is 0. The first-order valence-electron chi connectivity index (χ1n) is 4.14. The molecular formula is C8H6F10. The van der Waals surface area contributed by atoms with Crippen LogP contribution in [0.2, 0.25) is 0 Å². The Morgan fingerprint density at radius 3 is 1.17 bits per heavy atom. The summed E-state index contributed by atoms with van der Waals surface area (Å²) in [5.74, 6) is -13.3. The molecule has 0 aromatic heterocycles. The van der Waals surface area contributed by atoms with E-state index in [1.165, 1.54) is 0 Å². The van der Waals surface area contributed by atoms with Gasteiger partial charge in [-0.3, -0.25) is 0 Å². The molecule has 0 saturated carbocycles. The number of rotatable bonds is 2. The van der Waals surface area contributed by atoms with Crippen LogP contribution in [0.25, 0.3) is 0 Å². The predicted molar refractivity (Wildman–Crippen MR) is 40.1 cm³/mol. The lowest BCUT2D eigenvalue weighted by molar-refractivity contribution is -0.273. The van der Waals surface area contributed by atoms with Gasteiger partial charge in [-0.05, 0) is 13.8 Å². The lowest BCUT2D eigenvalue weighted by Crippen LogP contribution is -2.40. The fourth-order valence-electron chi connectivity index (χ4n) is 0.661. The molecule has 0 nitrogen and oxygen atoms in total. The zero-order valence-corrected chi connectivity index (χ0v) is 8.78. The molecule has 0 fully saturated rings. The quantitative estimate of drug-likeness (QED) is 0.633. The highest BCUT2D eigenvalue weighted by Gasteiger charge is 2.64. The van der Waals surface area contributed by atoms with Crippen molar-refractivity contribution in [2.24, 2.45) is 5.41 Å². The summed E-state index contributed by atoms with van der Waals surface area (Å²) >= 11 is 0. The van der Waals surface area contributed by atoms with Crippen LogP contribution >= 0.6 is 0 Å². The van der Waals surface area contributed by atoms with E-state index in [0.717, 1.165) is 0 Å². The molecule has 0 amide bonds. The molecule has 0 rings (SSSR count). The summed E-state index contributed by atoms with van der Waals surface area (Å²) in [6.07, 6.45) is -12.1. The Kier molecular flexibility index (Phi) is 4.07. The zero-order chi connectivity index (χ0) is 15.2. The molecule has 108 valence electrons. The van der Waals surface area contributed by atoms with Crippen LogP contribution in [0.4, 0.5) is 43.9 Å². The second kappa shape index (κ2) is 4.30. The van der Waals surface area contributed by atoms with E-state index in [1.54, 1.807) is 0 Å². The van der Waals surface area contributed by atoms with Gasteiger partial charge in [0.2, 0.25) is 5.83 Å². The van der Waals surface area contributed by atoms with Crippen LogP contribution in [-0.4, -0.2) is 18.3 Å². The average molecular weight is 292 g/mol. The Morgan fingerprint density at radius 1 is 0.611 bits per heavy atom. The minimum Gasteiger partial charge on any atom is -0.208 e. The van der Waals surface area contributed by atoms with Crippen LogP contribution in [0.3, 0.4) is 0 Å². The number of alkyl halides is 8. The number of allylic oxidation sites excluding steroid dienone is 2. The Morgan fingerprint density at radius 2 is 0.944 bits per heavy atom. The molecule has 0 spiro atoms. The molecule has 0 aromatic carbocycles. The van der Waals surface area contributed by atoms with E-state index in [-0.39, 0.29) is 13.8 Å². The standard InChI is InChI=1S/C8H6F10/c1-5(2,7(13,14)15)3(9)4(10)6(11,12)8(16,17)18/h1-2H3. The molecule has 0 aliphatic heterocycles. The number of hydrogen-bond donors (Lipinski definition) is 0. The SMILES string of the molecule is CC(C)(C(F)=C(F)C(F)(F)C(F)(F)F)C(F)(F)F. The van der Waals surface area contributed by atoms with Gasteiger partial charge >= 0.3 is 18.3 Å². The highest BCUT2D eigenvalue weighted by Crippen LogP contribution is 2.50. The highest BCUT2D eigenvalue weighted by molar-refractivity contribution is 5.19. The van der Waals surface area contributed by atoms with Crippen LogP contribution in [-0.2, 0) is 0 Å². The summed E-state index contributed by atoms with van der Waals surface area (Å²) in [5.41, 5.74) is -3.80. The van der Waals surface area contributed by atoms with Gasteiger partial charge in [0.25, 0.3) is 0 Å². The van der Waals surface area contributed by atoms with Crippen LogP contribution in [0.15, 0.2) is 11.7 Å². The maximum atomic E-state index is 12.9. The second-order valence-corrected chi connectivity index (χ2v) is 3.82. The summed E-state index contributed by atoms with van der Waals surface area (Å²) in [4.78, 5) is 0. The van der Waals surface area contributed by atoms with Gasteiger partial charge in [-0.2, -0.15) is 35.1 Å². The fourth-order valence-corrected chi connectivity index (χ4v) is 0.661. The lowest BCUT2D eigenvalue weighted by atomic mass is 9.89. The normalized spacial score (nSPS) is 16.7. The Balaban J connectivity index is 5.81. The van der Waals surface area contributed by atoms with Crippen molar-refractivity contribution in [3.63, 3.8) is 0 Å². The Bertz CT molecular complexity index is 308. The monoisotopic (exact) mass is 292 g/mol. The van der Waals surface area contributed by atoms with Crippen LogP contribution in [0.5, 0.6) is 0 Å². The molecule has 18 heavy (non-hydrogen) atoms. The first-order chi connectivity index (χ1) is 7.57. The van der Waals surface area contributed by atoms with E-state index < -0.39 is 35.3 Å². The van der Waals surface area contributed by atoms with Gasteiger partial charge in [-0.1, -0.05) is 0 Å². The minimum absolute atomic E-state index is 0.0611. The molecule has 0 saturated heterocycles. The molecule has 0 aliphatic carbocycles. The Labute approximate surface area is 94.3 Å². The lowest BCUT2D eigenvalue weighted by Gasteiger charge is -2.28. The van der Waals surface area contributed by atoms with Crippen molar-refractivity contribution in [1.29, 1.82) is 0 Å². The zero-order valence-electron chi connectivity index (χ0n) is 8.78. The van der Waals surface area contributed by atoms with Crippen molar-refractivity contribution in [3.05, 3.63) is 11.7 Å². The van der Waals surface area contributed by atoms with Gasteiger partial charge in [-0.25, -0.2) is 8.78 Å². The molecule has 0 aliphatic rings. The summed E-state index contributed by atoms with van der Waals surface area (Å²) in [5, 5.41) is 0. The summed E-state index contributed by atoms with van der Waals surface area (Å²) in [7, 11) is 0. The molecule has 0 radical (unpaired) electrons. The van der Waals surface area contributed by atoms with E-state index in [2.05, 4.69) is 0 Å². The molecule has 0 aromatic rings.